The first-order valence-electron chi connectivity index (χ1n) is 11.2. The maximum Gasteiger partial charge on any atom is 0.416 e. The fraction of sp³-hybridized carbons (Fsp3) is 0.192. The van der Waals surface area contributed by atoms with Crippen LogP contribution in [0.25, 0.3) is 17.4 Å². The van der Waals surface area contributed by atoms with E-state index < -0.39 is 23.8 Å². The van der Waals surface area contributed by atoms with E-state index in [4.69, 9.17) is 9.15 Å². The van der Waals surface area contributed by atoms with E-state index in [-0.39, 0.29) is 23.5 Å². The Labute approximate surface area is 216 Å². The standard InChI is InChI=1S/C26H19F3N2O4S2/c1-3-34-24(33)21-14(2)30-25-31(22(21)19-8-5-11-36-19)23(32)20(37-25)13-17-9-10-18(35-17)15-6-4-7-16(12-15)26(27,28)29/h4-13,22H,3H2,1-2H3/b20-13-/t22-/m0/s1. The first-order chi connectivity index (χ1) is 17.7. The van der Waals surface area contributed by atoms with Crippen molar-refractivity contribution in [2.75, 3.05) is 6.61 Å². The van der Waals surface area contributed by atoms with E-state index in [9.17, 15) is 22.8 Å². The van der Waals surface area contributed by atoms with Gasteiger partial charge in [-0.15, -0.1) is 11.3 Å². The number of hydrogen-bond acceptors (Lipinski definition) is 7. The second-order valence-electron chi connectivity index (χ2n) is 8.10. The van der Waals surface area contributed by atoms with E-state index >= 15 is 0 Å². The number of allylic oxidation sites excluding steroid dienone is 1. The summed E-state index contributed by atoms with van der Waals surface area (Å²) in [5.41, 5.74) is -0.114. The van der Waals surface area contributed by atoms with Gasteiger partial charge in [0, 0.05) is 16.5 Å². The average molecular weight is 545 g/mol. The molecule has 0 aliphatic carbocycles. The van der Waals surface area contributed by atoms with Gasteiger partial charge in [0.1, 0.15) is 17.6 Å². The lowest BCUT2D eigenvalue weighted by molar-refractivity contribution is -0.139. The molecule has 0 fully saturated rings. The van der Waals surface area contributed by atoms with E-state index in [0.717, 1.165) is 28.3 Å². The number of nitrogens with zero attached hydrogens (tertiary/aromatic N) is 2. The first-order valence-corrected chi connectivity index (χ1v) is 12.9. The number of alkyl halides is 3. The zero-order valence-corrected chi connectivity index (χ0v) is 21.2. The summed E-state index contributed by atoms with van der Waals surface area (Å²) in [7, 11) is 0. The topological polar surface area (TPSA) is 73.8 Å². The number of carbonyl (C=O) groups is 1. The Morgan fingerprint density at radius 2 is 2.03 bits per heavy atom. The lowest BCUT2D eigenvalue weighted by atomic mass is 10.0. The zero-order chi connectivity index (χ0) is 26.3. The van der Waals surface area contributed by atoms with Crippen molar-refractivity contribution in [3.05, 3.63) is 101 Å². The van der Waals surface area contributed by atoms with Gasteiger partial charge in [0.25, 0.3) is 5.56 Å². The Hall–Kier alpha value is -3.70. The number of fused-ring (bicyclic) bond motifs is 1. The number of carbonyl (C=O) groups excluding carboxylic acids is 1. The molecule has 0 amide bonds. The Balaban J connectivity index is 1.58. The van der Waals surface area contributed by atoms with Crippen LogP contribution < -0.4 is 14.9 Å². The van der Waals surface area contributed by atoms with Crippen molar-refractivity contribution >= 4 is 34.7 Å². The number of furan rings is 1. The van der Waals surface area contributed by atoms with Crippen LogP contribution in [0.2, 0.25) is 0 Å². The van der Waals surface area contributed by atoms with Gasteiger partial charge < -0.3 is 9.15 Å². The summed E-state index contributed by atoms with van der Waals surface area (Å²) in [6.07, 6.45) is -2.95. The zero-order valence-electron chi connectivity index (χ0n) is 19.5. The van der Waals surface area contributed by atoms with Gasteiger partial charge in [-0.3, -0.25) is 9.36 Å². The lowest BCUT2D eigenvalue weighted by Crippen LogP contribution is -2.39. The van der Waals surface area contributed by atoms with Crippen LogP contribution in [0.1, 0.15) is 36.1 Å². The number of rotatable bonds is 5. The van der Waals surface area contributed by atoms with Crippen LogP contribution in [-0.2, 0) is 15.7 Å². The van der Waals surface area contributed by atoms with Crippen LogP contribution in [0.3, 0.4) is 0 Å². The van der Waals surface area contributed by atoms with Crippen molar-refractivity contribution in [1.29, 1.82) is 0 Å². The normalized spacial score (nSPS) is 16.0. The van der Waals surface area contributed by atoms with E-state index in [0.29, 0.717) is 26.4 Å². The predicted octanol–water partition coefficient (Wildman–Crippen LogP) is 5.14. The highest BCUT2D eigenvalue weighted by molar-refractivity contribution is 7.10. The van der Waals surface area contributed by atoms with Crippen LogP contribution in [0, 0.1) is 0 Å². The van der Waals surface area contributed by atoms with Crippen LogP contribution in [0.15, 0.2) is 79.4 Å². The Bertz CT molecular complexity index is 1690. The molecule has 4 aromatic rings. The van der Waals surface area contributed by atoms with Crippen LogP contribution in [0.4, 0.5) is 13.2 Å². The number of halogens is 3. The van der Waals surface area contributed by atoms with Crippen molar-refractivity contribution in [3.63, 3.8) is 0 Å². The molecular weight excluding hydrogens is 525 g/mol. The Morgan fingerprint density at radius 1 is 1.22 bits per heavy atom. The number of benzene rings is 1. The fourth-order valence-electron chi connectivity index (χ4n) is 4.07. The third kappa shape index (κ3) is 4.72. The van der Waals surface area contributed by atoms with E-state index in [2.05, 4.69) is 4.99 Å². The van der Waals surface area contributed by atoms with Gasteiger partial charge in [0.05, 0.1) is 28.0 Å². The number of thiophene rings is 1. The largest absolute Gasteiger partial charge is 0.463 e. The number of thiazole rings is 1. The molecule has 0 unspecified atom stereocenters. The van der Waals surface area contributed by atoms with Crippen molar-refractivity contribution in [2.24, 2.45) is 4.99 Å². The molecule has 1 aromatic carbocycles. The minimum absolute atomic E-state index is 0.184. The van der Waals surface area contributed by atoms with E-state index in [1.807, 2.05) is 17.5 Å². The number of hydrogen-bond donors (Lipinski definition) is 0. The maximum absolute atomic E-state index is 13.5. The first kappa shape index (κ1) is 25.0. The summed E-state index contributed by atoms with van der Waals surface area (Å²) >= 11 is 2.55. The average Bonchev–Trinajstić information content (AvgIpc) is 3.60. The lowest BCUT2D eigenvalue weighted by Gasteiger charge is -2.23. The predicted molar refractivity (Wildman–Crippen MR) is 134 cm³/mol. The fourth-order valence-corrected chi connectivity index (χ4v) is 5.92. The number of aromatic nitrogens is 1. The SMILES string of the molecule is CCOC(=O)C1=C(C)N=c2s/c(=C\c3ccc(-c4cccc(C(F)(F)F)c4)o3)c(=O)n2[C@H]1c1cccs1. The van der Waals surface area contributed by atoms with Gasteiger partial charge in [0.15, 0.2) is 4.80 Å². The quantitative estimate of drug-likeness (QED) is 0.326. The molecule has 1 aliphatic heterocycles. The van der Waals surface area contributed by atoms with Gasteiger partial charge >= 0.3 is 12.1 Å². The molecule has 0 radical (unpaired) electrons. The molecule has 37 heavy (non-hydrogen) atoms. The smallest absolute Gasteiger partial charge is 0.416 e. The maximum atomic E-state index is 13.5. The number of ether oxygens (including phenoxy) is 1. The minimum Gasteiger partial charge on any atom is -0.463 e. The highest BCUT2D eigenvalue weighted by atomic mass is 32.1. The van der Waals surface area contributed by atoms with Crippen molar-refractivity contribution in [2.45, 2.75) is 26.1 Å². The summed E-state index contributed by atoms with van der Waals surface area (Å²) in [5, 5.41) is 1.86. The highest BCUT2D eigenvalue weighted by Gasteiger charge is 2.34. The van der Waals surface area contributed by atoms with Crippen LogP contribution in [0.5, 0.6) is 0 Å². The Kier molecular flexibility index (Phi) is 6.50. The summed E-state index contributed by atoms with van der Waals surface area (Å²) in [5.74, 6) is 0.00176. The molecule has 4 heterocycles. The molecular formula is C26H19F3N2O4S2. The highest BCUT2D eigenvalue weighted by Crippen LogP contribution is 2.34. The third-order valence-corrected chi connectivity index (χ3v) is 7.61. The minimum atomic E-state index is -4.47. The molecule has 0 bridgehead atoms. The van der Waals surface area contributed by atoms with Crippen molar-refractivity contribution in [1.82, 2.24) is 4.57 Å². The molecule has 3 aromatic heterocycles. The second kappa shape index (κ2) is 9.64. The second-order valence-corrected chi connectivity index (χ2v) is 10.1. The summed E-state index contributed by atoms with van der Waals surface area (Å²) < 4.78 is 52.1. The van der Waals surface area contributed by atoms with Crippen molar-refractivity contribution < 1.29 is 27.1 Å². The van der Waals surface area contributed by atoms with E-state index in [1.165, 1.54) is 34.1 Å². The Morgan fingerprint density at radius 3 is 2.73 bits per heavy atom. The monoisotopic (exact) mass is 544 g/mol. The van der Waals surface area contributed by atoms with Gasteiger partial charge in [-0.25, -0.2) is 9.79 Å². The molecule has 6 nitrogen and oxygen atoms in total. The summed E-state index contributed by atoms with van der Waals surface area (Å²) in [4.78, 5) is 32.1. The van der Waals surface area contributed by atoms with Gasteiger partial charge in [-0.1, -0.05) is 29.5 Å². The molecule has 1 atom stereocenters. The molecule has 5 rings (SSSR count). The summed E-state index contributed by atoms with van der Waals surface area (Å²) in [6, 6.07) is 11.0. The molecule has 0 N–H and O–H groups in total. The van der Waals surface area contributed by atoms with Crippen LogP contribution >= 0.6 is 22.7 Å². The van der Waals surface area contributed by atoms with Gasteiger partial charge in [-0.05, 0) is 49.6 Å². The number of esters is 1. The molecule has 11 heteroatoms. The van der Waals surface area contributed by atoms with E-state index in [1.54, 1.807) is 26.0 Å². The molecule has 0 spiro atoms. The van der Waals surface area contributed by atoms with Gasteiger partial charge in [0.2, 0.25) is 0 Å². The third-order valence-electron chi connectivity index (χ3n) is 5.70. The molecule has 190 valence electrons. The van der Waals surface area contributed by atoms with Gasteiger partial charge in [-0.2, -0.15) is 13.2 Å². The summed E-state index contributed by atoms with van der Waals surface area (Å²) in [6.45, 7) is 3.60. The molecule has 0 saturated carbocycles. The molecule has 1 aliphatic rings. The van der Waals surface area contributed by atoms with Crippen molar-refractivity contribution in [3.8, 4) is 11.3 Å². The molecule has 0 saturated heterocycles. The van der Waals surface area contributed by atoms with Crippen LogP contribution in [-0.4, -0.2) is 17.1 Å².